The molecule has 7 nitrogen and oxygen atoms in total. The van der Waals surface area contributed by atoms with Gasteiger partial charge in [-0.2, -0.15) is 5.10 Å². The first-order valence-corrected chi connectivity index (χ1v) is 8.61. The van der Waals surface area contributed by atoms with Gasteiger partial charge in [-0.25, -0.2) is 4.98 Å². The summed E-state index contributed by atoms with van der Waals surface area (Å²) in [5.41, 5.74) is 1.29. The third-order valence-electron chi connectivity index (χ3n) is 3.80. The number of amides is 2. The zero-order valence-corrected chi connectivity index (χ0v) is 14.9. The van der Waals surface area contributed by atoms with Crippen molar-refractivity contribution in [2.24, 2.45) is 0 Å². The molecular formula is C18H25N5O2. The van der Waals surface area contributed by atoms with Crippen LogP contribution in [0.4, 0.5) is 5.69 Å². The number of carbonyl (C=O) groups is 2. The third kappa shape index (κ3) is 5.70. The van der Waals surface area contributed by atoms with Crippen LogP contribution < -0.4 is 10.6 Å². The van der Waals surface area contributed by atoms with Crippen molar-refractivity contribution in [2.45, 2.75) is 52.5 Å². The molecule has 1 unspecified atom stereocenters. The largest absolute Gasteiger partial charge is 0.345 e. The van der Waals surface area contributed by atoms with Crippen LogP contribution in [-0.2, 0) is 9.59 Å². The van der Waals surface area contributed by atoms with E-state index in [1.54, 1.807) is 18.2 Å². The van der Waals surface area contributed by atoms with Gasteiger partial charge < -0.3 is 10.6 Å². The monoisotopic (exact) mass is 343 g/mol. The van der Waals surface area contributed by atoms with Gasteiger partial charge in [0, 0.05) is 17.3 Å². The second-order valence-electron chi connectivity index (χ2n) is 6.15. The third-order valence-corrected chi connectivity index (χ3v) is 3.80. The molecule has 0 bridgehead atoms. The van der Waals surface area contributed by atoms with Gasteiger partial charge in [-0.15, -0.1) is 0 Å². The minimum absolute atomic E-state index is 0.0210. The lowest BCUT2D eigenvalue weighted by Gasteiger charge is -2.13. The van der Waals surface area contributed by atoms with E-state index in [2.05, 4.69) is 32.7 Å². The van der Waals surface area contributed by atoms with Crippen LogP contribution in [0.3, 0.4) is 0 Å². The van der Waals surface area contributed by atoms with Gasteiger partial charge in [0.25, 0.3) is 0 Å². The molecule has 3 N–H and O–H groups in total. The molecule has 1 aromatic carbocycles. The number of H-pyrrole nitrogens is 1. The minimum atomic E-state index is -0.675. The number of hydrogen-bond donors (Lipinski definition) is 3. The number of aromatic amines is 1. The van der Waals surface area contributed by atoms with Crippen molar-refractivity contribution >= 4 is 17.5 Å². The van der Waals surface area contributed by atoms with E-state index in [1.807, 2.05) is 19.9 Å². The molecule has 25 heavy (non-hydrogen) atoms. The van der Waals surface area contributed by atoms with Crippen molar-refractivity contribution in [1.29, 1.82) is 0 Å². The van der Waals surface area contributed by atoms with Gasteiger partial charge in [-0.05, 0) is 32.4 Å². The van der Waals surface area contributed by atoms with Crippen LogP contribution >= 0.6 is 0 Å². The highest BCUT2D eigenvalue weighted by Crippen LogP contribution is 2.19. The molecule has 1 heterocycles. The van der Waals surface area contributed by atoms with Crippen LogP contribution in [0, 0.1) is 6.92 Å². The number of carbonyl (C=O) groups excluding carboxylic acids is 2. The molecule has 7 heteroatoms. The maximum absolute atomic E-state index is 12.1. The topological polar surface area (TPSA) is 99.8 Å². The standard InChI is InChI=1S/C18H25N5O2/c1-4-5-6-8-12(2)19-17(24)18(25)21-15-10-7-9-14(11-15)16-20-13(3)22-23-16/h7,9-12H,4-6,8H2,1-3H3,(H,19,24)(H,21,25)(H,20,22,23). The van der Waals surface area contributed by atoms with Crippen molar-refractivity contribution in [3.63, 3.8) is 0 Å². The lowest BCUT2D eigenvalue weighted by molar-refractivity contribution is -0.136. The van der Waals surface area contributed by atoms with Crippen molar-refractivity contribution in [3.8, 4) is 11.4 Å². The Hall–Kier alpha value is -2.70. The first-order valence-electron chi connectivity index (χ1n) is 8.61. The summed E-state index contributed by atoms with van der Waals surface area (Å²) in [5, 5.41) is 12.2. The molecule has 2 rings (SSSR count). The molecule has 1 aromatic heterocycles. The van der Waals surface area contributed by atoms with E-state index in [0.29, 0.717) is 17.3 Å². The normalized spacial score (nSPS) is 11.8. The molecular weight excluding hydrogens is 318 g/mol. The lowest BCUT2D eigenvalue weighted by atomic mass is 10.1. The molecule has 0 spiro atoms. The molecule has 2 aromatic rings. The molecule has 0 fully saturated rings. The van der Waals surface area contributed by atoms with Crippen LogP contribution in [0.5, 0.6) is 0 Å². The van der Waals surface area contributed by atoms with Crippen LogP contribution in [0.25, 0.3) is 11.4 Å². The van der Waals surface area contributed by atoms with Gasteiger partial charge in [-0.3, -0.25) is 14.7 Å². The van der Waals surface area contributed by atoms with E-state index in [-0.39, 0.29) is 6.04 Å². The molecule has 0 aliphatic carbocycles. The summed E-state index contributed by atoms with van der Waals surface area (Å²) in [7, 11) is 0. The predicted molar refractivity (Wildman–Crippen MR) is 96.9 cm³/mol. The first kappa shape index (κ1) is 18.6. The minimum Gasteiger partial charge on any atom is -0.345 e. The number of nitrogens with zero attached hydrogens (tertiary/aromatic N) is 2. The Kier molecular flexibility index (Phi) is 6.68. The fourth-order valence-corrected chi connectivity index (χ4v) is 2.46. The van der Waals surface area contributed by atoms with Crippen molar-refractivity contribution in [3.05, 3.63) is 30.1 Å². The molecule has 0 aliphatic heterocycles. The highest BCUT2D eigenvalue weighted by molar-refractivity contribution is 6.39. The fraction of sp³-hybridized carbons (Fsp3) is 0.444. The Morgan fingerprint density at radius 3 is 2.72 bits per heavy atom. The number of rotatable bonds is 7. The number of nitrogens with one attached hydrogen (secondary N) is 3. The molecule has 2 amide bonds. The maximum Gasteiger partial charge on any atom is 0.313 e. The second kappa shape index (κ2) is 8.96. The summed E-state index contributed by atoms with van der Waals surface area (Å²) >= 11 is 0. The van der Waals surface area contributed by atoms with Gasteiger partial charge >= 0.3 is 11.8 Å². The van der Waals surface area contributed by atoms with Gasteiger partial charge in [0.15, 0.2) is 5.82 Å². The van der Waals surface area contributed by atoms with E-state index in [9.17, 15) is 9.59 Å². The highest BCUT2D eigenvalue weighted by atomic mass is 16.2. The van der Waals surface area contributed by atoms with Crippen molar-refractivity contribution in [1.82, 2.24) is 20.5 Å². The zero-order chi connectivity index (χ0) is 18.2. The molecule has 0 radical (unpaired) electrons. The molecule has 0 saturated carbocycles. The number of aryl methyl sites for hydroxylation is 1. The number of aromatic nitrogens is 3. The lowest BCUT2D eigenvalue weighted by Crippen LogP contribution is -2.40. The molecule has 0 aliphatic rings. The average Bonchev–Trinajstić information content (AvgIpc) is 3.02. The Labute approximate surface area is 147 Å². The van der Waals surface area contributed by atoms with Gasteiger partial charge in [0.1, 0.15) is 5.82 Å². The summed E-state index contributed by atoms with van der Waals surface area (Å²) in [6, 6.07) is 7.06. The number of unbranched alkanes of at least 4 members (excludes halogenated alkanes) is 2. The Balaban J connectivity index is 1.92. The summed E-state index contributed by atoms with van der Waals surface area (Å²) < 4.78 is 0. The SMILES string of the molecule is CCCCCC(C)NC(=O)C(=O)Nc1cccc(-c2n[nH]c(C)n2)c1. The summed E-state index contributed by atoms with van der Waals surface area (Å²) in [4.78, 5) is 28.3. The second-order valence-corrected chi connectivity index (χ2v) is 6.15. The molecule has 0 saturated heterocycles. The number of anilines is 1. The molecule has 1 atom stereocenters. The van der Waals surface area contributed by atoms with Crippen LogP contribution in [0.1, 0.15) is 45.4 Å². The van der Waals surface area contributed by atoms with E-state index in [1.165, 1.54) is 0 Å². The maximum atomic E-state index is 12.1. The Morgan fingerprint density at radius 2 is 2.04 bits per heavy atom. The highest BCUT2D eigenvalue weighted by Gasteiger charge is 2.16. The zero-order valence-electron chi connectivity index (χ0n) is 14.9. The van der Waals surface area contributed by atoms with E-state index >= 15 is 0 Å². The van der Waals surface area contributed by atoms with Gasteiger partial charge in [-0.1, -0.05) is 38.3 Å². The van der Waals surface area contributed by atoms with E-state index in [4.69, 9.17) is 0 Å². The fourth-order valence-electron chi connectivity index (χ4n) is 2.46. The number of hydrogen-bond acceptors (Lipinski definition) is 4. The van der Waals surface area contributed by atoms with Crippen LogP contribution in [0.2, 0.25) is 0 Å². The number of benzene rings is 1. The summed E-state index contributed by atoms with van der Waals surface area (Å²) in [6.07, 6.45) is 4.16. The first-order chi connectivity index (χ1) is 12.0. The average molecular weight is 343 g/mol. The van der Waals surface area contributed by atoms with Crippen LogP contribution in [0.15, 0.2) is 24.3 Å². The summed E-state index contributed by atoms with van der Waals surface area (Å²) in [6.45, 7) is 5.85. The quantitative estimate of drug-likeness (QED) is 0.531. The van der Waals surface area contributed by atoms with E-state index in [0.717, 1.165) is 31.2 Å². The van der Waals surface area contributed by atoms with Crippen molar-refractivity contribution in [2.75, 3.05) is 5.32 Å². The predicted octanol–water partition coefficient (Wildman–Crippen LogP) is 2.80. The smallest absolute Gasteiger partial charge is 0.313 e. The van der Waals surface area contributed by atoms with Crippen LogP contribution in [-0.4, -0.2) is 33.0 Å². The van der Waals surface area contributed by atoms with Crippen molar-refractivity contribution < 1.29 is 9.59 Å². The summed E-state index contributed by atoms with van der Waals surface area (Å²) in [5.74, 6) is -0.0442. The molecule has 134 valence electrons. The Morgan fingerprint density at radius 1 is 1.24 bits per heavy atom. The van der Waals surface area contributed by atoms with Gasteiger partial charge in [0.05, 0.1) is 0 Å². The van der Waals surface area contributed by atoms with Gasteiger partial charge in [0.2, 0.25) is 0 Å². The Bertz CT molecular complexity index is 726. The van der Waals surface area contributed by atoms with E-state index < -0.39 is 11.8 Å².